The fraction of sp³-hybridized carbons (Fsp3) is 0.208. The third-order valence-electron chi connectivity index (χ3n) is 4.74. The predicted molar refractivity (Wildman–Crippen MR) is 116 cm³/mol. The number of rotatable bonds is 7. The predicted octanol–water partition coefficient (Wildman–Crippen LogP) is 4.06. The Morgan fingerprint density at radius 2 is 1.81 bits per heavy atom. The minimum Gasteiger partial charge on any atom is -0.464 e. The number of hydrogen-bond acceptors (Lipinski definition) is 4. The molecule has 1 atom stereocenters. The Morgan fingerprint density at radius 3 is 2.45 bits per heavy atom. The molecule has 3 rings (SSSR count). The van der Waals surface area contributed by atoms with Gasteiger partial charge in [-0.25, -0.2) is 13.9 Å². The summed E-state index contributed by atoms with van der Waals surface area (Å²) in [6, 6.07) is 14.2. The molecule has 1 N–H and O–H groups in total. The van der Waals surface area contributed by atoms with Crippen molar-refractivity contribution in [2.45, 2.75) is 26.8 Å². The van der Waals surface area contributed by atoms with Crippen LogP contribution in [-0.2, 0) is 14.3 Å². The van der Waals surface area contributed by atoms with Crippen molar-refractivity contribution in [3.05, 3.63) is 89.0 Å². The average Bonchev–Trinajstić information content (AvgIpc) is 3.06. The molecule has 1 aromatic heterocycles. The van der Waals surface area contributed by atoms with Crippen LogP contribution < -0.4 is 5.32 Å². The highest BCUT2D eigenvalue weighted by Gasteiger charge is 2.30. The van der Waals surface area contributed by atoms with E-state index in [0.717, 1.165) is 11.4 Å². The summed E-state index contributed by atoms with van der Waals surface area (Å²) in [5, 5.41) is 7.28. The van der Waals surface area contributed by atoms with Crippen LogP contribution in [0.25, 0.3) is 11.8 Å². The number of hydrogen-bond donors (Lipinski definition) is 1. The van der Waals surface area contributed by atoms with E-state index in [1.165, 1.54) is 18.2 Å². The Labute approximate surface area is 180 Å². The van der Waals surface area contributed by atoms with Crippen LogP contribution in [0.2, 0.25) is 0 Å². The zero-order valence-electron chi connectivity index (χ0n) is 17.6. The highest BCUT2D eigenvalue weighted by molar-refractivity contribution is 5.95. The van der Waals surface area contributed by atoms with Gasteiger partial charge in [0.15, 0.2) is 6.04 Å². The van der Waals surface area contributed by atoms with Crippen LogP contribution in [-0.4, -0.2) is 28.3 Å². The van der Waals surface area contributed by atoms with Gasteiger partial charge in [-0.3, -0.25) is 4.79 Å². The lowest BCUT2D eigenvalue weighted by Gasteiger charge is -2.17. The summed E-state index contributed by atoms with van der Waals surface area (Å²) < 4.78 is 20.0. The standard InChI is InChI=1S/C24H24FN3O3/c1-4-31-24(30)23(26-21(29)15-12-18-10-13-19(25)14-11-18)22-16(2)27-28(17(22)3)20-8-6-5-7-9-20/h5-15,23H,4H2,1-3H3,(H,26,29)/b15-12+/t23-/m0/s1. The smallest absolute Gasteiger partial charge is 0.333 e. The molecule has 160 valence electrons. The van der Waals surface area contributed by atoms with E-state index in [2.05, 4.69) is 10.4 Å². The number of amides is 1. The van der Waals surface area contributed by atoms with Crippen LogP contribution in [0.4, 0.5) is 4.39 Å². The number of halogens is 1. The first-order valence-electron chi connectivity index (χ1n) is 9.93. The molecule has 0 bridgehead atoms. The molecule has 2 aromatic carbocycles. The lowest BCUT2D eigenvalue weighted by atomic mass is 10.0. The first kappa shape index (κ1) is 22.0. The largest absolute Gasteiger partial charge is 0.464 e. The zero-order valence-corrected chi connectivity index (χ0v) is 17.6. The van der Waals surface area contributed by atoms with E-state index in [4.69, 9.17) is 4.74 Å². The number of carbonyl (C=O) groups is 2. The molecular weight excluding hydrogens is 397 g/mol. The summed E-state index contributed by atoms with van der Waals surface area (Å²) in [6.45, 7) is 5.52. The molecule has 1 amide bonds. The Balaban J connectivity index is 1.89. The molecule has 0 aliphatic rings. The minimum atomic E-state index is -1.01. The summed E-state index contributed by atoms with van der Waals surface area (Å²) >= 11 is 0. The SMILES string of the molecule is CCOC(=O)[C@@H](NC(=O)/C=C/c1ccc(F)cc1)c1c(C)nn(-c2ccccc2)c1C. The molecule has 0 aliphatic carbocycles. The lowest BCUT2D eigenvalue weighted by molar-refractivity contribution is -0.147. The third-order valence-corrected chi connectivity index (χ3v) is 4.74. The van der Waals surface area contributed by atoms with Crippen LogP contribution in [0.5, 0.6) is 0 Å². The van der Waals surface area contributed by atoms with Crippen molar-refractivity contribution >= 4 is 18.0 Å². The second kappa shape index (κ2) is 9.84. The van der Waals surface area contributed by atoms with Crippen LogP contribution in [0.15, 0.2) is 60.7 Å². The van der Waals surface area contributed by atoms with Gasteiger partial charge in [-0.2, -0.15) is 5.10 Å². The van der Waals surface area contributed by atoms with Crippen molar-refractivity contribution in [1.82, 2.24) is 15.1 Å². The summed E-state index contributed by atoms with van der Waals surface area (Å²) in [6.07, 6.45) is 2.84. The van der Waals surface area contributed by atoms with Gasteiger partial charge in [-0.15, -0.1) is 0 Å². The fourth-order valence-electron chi connectivity index (χ4n) is 3.30. The Kier molecular flexibility index (Phi) is 6.97. The number of nitrogens with zero attached hydrogens (tertiary/aromatic N) is 2. The minimum absolute atomic E-state index is 0.182. The Bertz CT molecular complexity index is 1090. The fourth-order valence-corrected chi connectivity index (χ4v) is 3.30. The third kappa shape index (κ3) is 5.25. The van der Waals surface area contributed by atoms with E-state index in [0.29, 0.717) is 16.8 Å². The monoisotopic (exact) mass is 421 g/mol. The van der Waals surface area contributed by atoms with E-state index in [-0.39, 0.29) is 12.4 Å². The zero-order chi connectivity index (χ0) is 22.4. The first-order chi connectivity index (χ1) is 14.9. The van der Waals surface area contributed by atoms with Gasteiger partial charge in [0, 0.05) is 17.3 Å². The quantitative estimate of drug-likeness (QED) is 0.461. The molecule has 6 nitrogen and oxygen atoms in total. The molecule has 7 heteroatoms. The van der Waals surface area contributed by atoms with Gasteiger partial charge in [-0.1, -0.05) is 30.3 Å². The number of nitrogens with one attached hydrogen (secondary N) is 1. The number of para-hydroxylation sites is 1. The van der Waals surface area contributed by atoms with E-state index in [1.54, 1.807) is 36.7 Å². The number of aromatic nitrogens is 2. The molecule has 0 aliphatic heterocycles. The van der Waals surface area contributed by atoms with E-state index in [9.17, 15) is 14.0 Å². The molecule has 1 heterocycles. The Morgan fingerprint density at radius 1 is 1.13 bits per heavy atom. The van der Waals surface area contributed by atoms with Gasteiger partial charge in [0.05, 0.1) is 18.0 Å². The maximum absolute atomic E-state index is 13.0. The molecule has 3 aromatic rings. The summed E-state index contributed by atoms with van der Waals surface area (Å²) in [5.41, 5.74) is 3.44. The number of carbonyl (C=O) groups excluding carboxylic acids is 2. The highest BCUT2D eigenvalue weighted by atomic mass is 19.1. The van der Waals surface area contributed by atoms with E-state index in [1.807, 2.05) is 37.3 Å². The number of esters is 1. The number of benzene rings is 2. The Hall–Kier alpha value is -3.74. The maximum Gasteiger partial charge on any atom is 0.333 e. The normalized spacial score (nSPS) is 12.0. The molecule has 0 saturated heterocycles. The summed E-state index contributed by atoms with van der Waals surface area (Å²) in [4.78, 5) is 25.3. The van der Waals surface area contributed by atoms with Crippen LogP contribution in [0, 0.1) is 19.7 Å². The molecule has 0 radical (unpaired) electrons. The summed E-state index contributed by atoms with van der Waals surface area (Å²) in [7, 11) is 0. The molecule has 0 spiro atoms. The van der Waals surface area contributed by atoms with Crippen LogP contribution in [0.3, 0.4) is 0 Å². The second-order valence-corrected chi connectivity index (χ2v) is 6.91. The molecule has 0 fully saturated rings. The number of aryl methyl sites for hydroxylation is 1. The van der Waals surface area contributed by atoms with Gasteiger partial charge < -0.3 is 10.1 Å². The molecule has 0 unspecified atom stereocenters. The van der Waals surface area contributed by atoms with Crippen LogP contribution >= 0.6 is 0 Å². The van der Waals surface area contributed by atoms with Crippen molar-refractivity contribution in [3.63, 3.8) is 0 Å². The van der Waals surface area contributed by atoms with E-state index >= 15 is 0 Å². The molecule has 0 saturated carbocycles. The van der Waals surface area contributed by atoms with E-state index < -0.39 is 17.9 Å². The highest BCUT2D eigenvalue weighted by Crippen LogP contribution is 2.25. The van der Waals surface area contributed by atoms with Crippen molar-refractivity contribution in [2.24, 2.45) is 0 Å². The van der Waals surface area contributed by atoms with Gasteiger partial charge in [0.1, 0.15) is 5.82 Å². The van der Waals surface area contributed by atoms with Crippen LogP contribution in [0.1, 0.15) is 35.5 Å². The van der Waals surface area contributed by atoms with Crippen molar-refractivity contribution < 1.29 is 18.7 Å². The topological polar surface area (TPSA) is 73.2 Å². The van der Waals surface area contributed by atoms with Crippen molar-refractivity contribution in [1.29, 1.82) is 0 Å². The maximum atomic E-state index is 13.0. The molecular formula is C24H24FN3O3. The first-order valence-corrected chi connectivity index (χ1v) is 9.93. The lowest BCUT2D eigenvalue weighted by Crippen LogP contribution is -2.34. The van der Waals surface area contributed by atoms with Crippen molar-refractivity contribution in [2.75, 3.05) is 6.61 Å². The van der Waals surface area contributed by atoms with Gasteiger partial charge >= 0.3 is 5.97 Å². The number of ether oxygens (including phenoxy) is 1. The van der Waals surface area contributed by atoms with Gasteiger partial charge in [0.25, 0.3) is 0 Å². The van der Waals surface area contributed by atoms with Gasteiger partial charge in [-0.05, 0) is 56.7 Å². The van der Waals surface area contributed by atoms with Crippen molar-refractivity contribution in [3.8, 4) is 5.69 Å². The van der Waals surface area contributed by atoms with Gasteiger partial charge in [0.2, 0.25) is 5.91 Å². The summed E-state index contributed by atoms with van der Waals surface area (Å²) in [5.74, 6) is -1.40. The average molecular weight is 421 g/mol. The second-order valence-electron chi connectivity index (χ2n) is 6.91. The molecule has 31 heavy (non-hydrogen) atoms.